The fourth-order valence-electron chi connectivity index (χ4n) is 4.58. The Morgan fingerprint density at radius 1 is 0.909 bits per heavy atom. The normalized spacial score (nSPS) is 13.8. The molecule has 0 unspecified atom stereocenters. The number of aromatic carboxylic acids is 1. The number of carbonyl (C=O) groups is 1. The molecule has 0 aliphatic heterocycles. The van der Waals surface area contributed by atoms with Crippen LogP contribution < -0.4 is 4.90 Å². The Balaban J connectivity index is 1.58. The Labute approximate surface area is 198 Å². The highest BCUT2D eigenvalue weighted by molar-refractivity contribution is 7.19. The van der Waals surface area contributed by atoms with E-state index < -0.39 is 5.97 Å². The third-order valence-corrected chi connectivity index (χ3v) is 7.38. The van der Waals surface area contributed by atoms with Crippen molar-refractivity contribution in [3.63, 3.8) is 0 Å². The SMILES string of the molecule is O=C(O)c1cccc(CN(c2nc(-c3ccccc3)c(-c3ccccc3)s2)C2CCCC2)c1. The van der Waals surface area contributed by atoms with Gasteiger partial charge in [-0.15, -0.1) is 0 Å². The predicted octanol–water partition coefficient (Wildman–Crippen LogP) is 7.12. The number of benzene rings is 3. The minimum Gasteiger partial charge on any atom is -0.478 e. The molecule has 0 radical (unpaired) electrons. The molecule has 166 valence electrons. The zero-order valence-corrected chi connectivity index (χ0v) is 19.2. The lowest BCUT2D eigenvalue weighted by Crippen LogP contribution is -2.32. The molecule has 4 aromatic rings. The molecule has 0 atom stereocenters. The molecule has 0 bridgehead atoms. The van der Waals surface area contributed by atoms with Crippen molar-refractivity contribution in [2.75, 3.05) is 4.90 Å². The average molecular weight is 455 g/mol. The lowest BCUT2D eigenvalue weighted by atomic mass is 10.1. The van der Waals surface area contributed by atoms with Gasteiger partial charge in [0, 0.05) is 18.2 Å². The number of nitrogens with zero attached hydrogens (tertiary/aromatic N) is 2. The van der Waals surface area contributed by atoms with Crippen molar-refractivity contribution in [2.45, 2.75) is 38.3 Å². The van der Waals surface area contributed by atoms with E-state index in [0.717, 1.165) is 34.8 Å². The van der Waals surface area contributed by atoms with Crippen molar-refractivity contribution < 1.29 is 9.90 Å². The van der Waals surface area contributed by atoms with E-state index >= 15 is 0 Å². The Morgan fingerprint density at radius 2 is 1.58 bits per heavy atom. The van der Waals surface area contributed by atoms with Gasteiger partial charge in [-0.05, 0) is 36.1 Å². The fourth-order valence-corrected chi connectivity index (χ4v) is 5.74. The number of rotatable bonds is 7. The molecule has 33 heavy (non-hydrogen) atoms. The van der Waals surface area contributed by atoms with E-state index in [-0.39, 0.29) is 0 Å². The van der Waals surface area contributed by atoms with Crippen molar-refractivity contribution in [3.8, 4) is 21.7 Å². The van der Waals surface area contributed by atoms with Gasteiger partial charge in [-0.1, -0.05) is 97.0 Å². The summed E-state index contributed by atoms with van der Waals surface area (Å²) in [5, 5.41) is 10.4. The van der Waals surface area contributed by atoms with Gasteiger partial charge in [-0.2, -0.15) is 0 Å². The van der Waals surface area contributed by atoms with Gasteiger partial charge < -0.3 is 10.0 Å². The number of carboxylic acids is 1. The van der Waals surface area contributed by atoms with Crippen LogP contribution in [0.25, 0.3) is 21.7 Å². The number of hydrogen-bond donors (Lipinski definition) is 1. The van der Waals surface area contributed by atoms with Crippen molar-refractivity contribution in [1.29, 1.82) is 0 Å². The molecular weight excluding hydrogens is 428 g/mol. The van der Waals surface area contributed by atoms with E-state index in [9.17, 15) is 9.90 Å². The molecule has 5 heteroatoms. The fraction of sp³-hybridized carbons (Fsp3) is 0.214. The smallest absolute Gasteiger partial charge is 0.335 e. The highest BCUT2D eigenvalue weighted by Gasteiger charge is 2.27. The number of thiazole rings is 1. The van der Waals surface area contributed by atoms with Crippen LogP contribution in [-0.4, -0.2) is 22.1 Å². The summed E-state index contributed by atoms with van der Waals surface area (Å²) in [4.78, 5) is 20.3. The zero-order chi connectivity index (χ0) is 22.6. The average Bonchev–Trinajstić information content (AvgIpc) is 3.55. The number of hydrogen-bond acceptors (Lipinski definition) is 4. The highest BCUT2D eigenvalue weighted by Crippen LogP contribution is 2.42. The maximum absolute atomic E-state index is 11.5. The first-order valence-corrected chi connectivity index (χ1v) is 12.2. The van der Waals surface area contributed by atoms with Gasteiger partial charge in [0.05, 0.1) is 16.1 Å². The molecule has 1 heterocycles. The lowest BCUT2D eigenvalue weighted by Gasteiger charge is -2.28. The first-order chi connectivity index (χ1) is 16.2. The molecule has 1 aliphatic carbocycles. The molecule has 0 amide bonds. The largest absolute Gasteiger partial charge is 0.478 e. The molecule has 4 nitrogen and oxygen atoms in total. The maximum Gasteiger partial charge on any atom is 0.335 e. The summed E-state index contributed by atoms with van der Waals surface area (Å²) in [6, 6.07) is 28.5. The third kappa shape index (κ3) is 4.69. The molecule has 1 saturated carbocycles. The van der Waals surface area contributed by atoms with Crippen LogP contribution in [0.4, 0.5) is 5.13 Å². The predicted molar refractivity (Wildman–Crippen MR) is 135 cm³/mol. The first-order valence-electron chi connectivity index (χ1n) is 11.4. The highest BCUT2D eigenvalue weighted by atomic mass is 32.1. The molecule has 3 aromatic carbocycles. The number of aromatic nitrogens is 1. The zero-order valence-electron chi connectivity index (χ0n) is 18.4. The molecule has 0 saturated heterocycles. The van der Waals surface area contributed by atoms with E-state index in [1.807, 2.05) is 24.3 Å². The summed E-state index contributed by atoms with van der Waals surface area (Å²) in [5.41, 5.74) is 4.61. The minimum atomic E-state index is -0.892. The molecule has 0 spiro atoms. The van der Waals surface area contributed by atoms with Crippen LogP contribution in [0.3, 0.4) is 0 Å². The second-order valence-corrected chi connectivity index (χ2v) is 9.46. The Bertz CT molecular complexity index is 1170. The summed E-state index contributed by atoms with van der Waals surface area (Å²) in [7, 11) is 0. The standard InChI is InChI=1S/C28H26N2O2S/c31-27(32)23-15-9-10-20(18-23)19-30(24-16-7-8-17-24)28-29-25(21-11-3-1-4-12-21)26(33-28)22-13-5-2-6-14-22/h1-6,9-15,18,24H,7-8,16-17,19H2,(H,31,32). The third-order valence-electron chi connectivity index (χ3n) is 6.24. The minimum absolute atomic E-state index is 0.327. The van der Waals surface area contributed by atoms with Gasteiger partial charge in [-0.25, -0.2) is 9.78 Å². The van der Waals surface area contributed by atoms with Gasteiger partial charge >= 0.3 is 5.97 Å². The molecule has 1 N–H and O–H groups in total. The van der Waals surface area contributed by atoms with Crippen LogP contribution in [0.1, 0.15) is 41.6 Å². The Kier molecular flexibility index (Phi) is 6.22. The van der Waals surface area contributed by atoms with E-state index in [1.165, 1.54) is 23.3 Å². The van der Waals surface area contributed by atoms with Crippen LogP contribution in [0.5, 0.6) is 0 Å². The van der Waals surface area contributed by atoms with Gasteiger partial charge in [0.2, 0.25) is 0 Å². The summed E-state index contributed by atoms with van der Waals surface area (Å²) in [5.74, 6) is -0.892. The summed E-state index contributed by atoms with van der Waals surface area (Å²) in [6.45, 7) is 0.655. The van der Waals surface area contributed by atoms with Gasteiger partial charge in [0.25, 0.3) is 0 Å². The Morgan fingerprint density at radius 3 is 2.24 bits per heavy atom. The molecule has 5 rings (SSSR count). The summed E-state index contributed by atoms with van der Waals surface area (Å²) < 4.78 is 0. The van der Waals surface area contributed by atoms with Crippen LogP contribution in [0, 0.1) is 0 Å². The van der Waals surface area contributed by atoms with Crippen LogP contribution in [-0.2, 0) is 6.54 Å². The van der Waals surface area contributed by atoms with Crippen molar-refractivity contribution >= 4 is 22.4 Å². The lowest BCUT2D eigenvalue weighted by molar-refractivity contribution is 0.0696. The van der Waals surface area contributed by atoms with E-state index in [2.05, 4.69) is 53.4 Å². The van der Waals surface area contributed by atoms with Gasteiger partial charge in [0.15, 0.2) is 5.13 Å². The Hall–Kier alpha value is -3.44. The van der Waals surface area contributed by atoms with Crippen molar-refractivity contribution in [1.82, 2.24) is 4.98 Å². The van der Waals surface area contributed by atoms with Gasteiger partial charge in [0.1, 0.15) is 0 Å². The van der Waals surface area contributed by atoms with E-state index in [0.29, 0.717) is 18.2 Å². The maximum atomic E-state index is 11.5. The van der Waals surface area contributed by atoms with E-state index in [4.69, 9.17) is 4.98 Å². The summed E-state index contributed by atoms with van der Waals surface area (Å²) in [6.07, 6.45) is 4.72. The molecular formula is C28H26N2O2S. The first kappa shape index (κ1) is 21.4. The number of carboxylic acid groups (broad SMARTS) is 1. The molecule has 1 fully saturated rings. The van der Waals surface area contributed by atoms with Crippen LogP contribution >= 0.6 is 11.3 Å². The second kappa shape index (κ2) is 9.59. The topological polar surface area (TPSA) is 53.4 Å². The van der Waals surface area contributed by atoms with Crippen molar-refractivity contribution in [3.05, 3.63) is 96.1 Å². The monoisotopic (exact) mass is 454 g/mol. The van der Waals surface area contributed by atoms with Crippen LogP contribution in [0.2, 0.25) is 0 Å². The van der Waals surface area contributed by atoms with E-state index in [1.54, 1.807) is 23.5 Å². The summed E-state index contributed by atoms with van der Waals surface area (Å²) >= 11 is 1.73. The van der Waals surface area contributed by atoms with Crippen molar-refractivity contribution in [2.24, 2.45) is 0 Å². The molecule has 1 aliphatic rings. The second-order valence-electron chi connectivity index (χ2n) is 8.48. The molecule has 1 aromatic heterocycles. The van der Waals surface area contributed by atoms with Crippen LogP contribution in [0.15, 0.2) is 84.9 Å². The quantitative estimate of drug-likeness (QED) is 0.323. The number of anilines is 1. The van der Waals surface area contributed by atoms with Gasteiger partial charge in [-0.3, -0.25) is 0 Å².